The summed E-state index contributed by atoms with van der Waals surface area (Å²) in [5.74, 6) is -0.971. The van der Waals surface area contributed by atoms with Crippen LogP contribution in [0, 0.1) is 0 Å². The third-order valence-electron chi connectivity index (χ3n) is 3.52. The van der Waals surface area contributed by atoms with Gasteiger partial charge < -0.3 is 9.84 Å². The Kier molecular flexibility index (Phi) is 2.97. The summed E-state index contributed by atoms with van der Waals surface area (Å²) < 4.78 is 5.75. The van der Waals surface area contributed by atoms with Crippen molar-refractivity contribution in [2.75, 3.05) is 13.1 Å². The molecular formula is C12H15N3O3. The molecule has 0 spiro atoms. The number of rotatable bonds is 3. The predicted octanol–water partition coefficient (Wildman–Crippen LogP) is 0.538. The Morgan fingerprint density at radius 1 is 1.44 bits per heavy atom. The van der Waals surface area contributed by atoms with Crippen LogP contribution in [0.5, 0.6) is 0 Å². The zero-order valence-corrected chi connectivity index (χ0v) is 9.95. The standard InChI is InChI=1S/C12H15N3O3/c16-12(17)10-3-13-7-14-11(10)6-15-4-8-1-2-9(5-15)18-8/h3,7-9H,1-2,4-6H2,(H,16,17). The number of fused-ring (bicyclic) bond motifs is 2. The van der Waals surface area contributed by atoms with Gasteiger partial charge in [0.25, 0.3) is 0 Å². The predicted molar refractivity (Wildman–Crippen MR) is 62.2 cm³/mol. The van der Waals surface area contributed by atoms with Crippen molar-refractivity contribution >= 4 is 5.97 Å². The average molecular weight is 249 g/mol. The topological polar surface area (TPSA) is 75.5 Å². The fourth-order valence-electron chi connectivity index (χ4n) is 2.70. The fourth-order valence-corrected chi connectivity index (χ4v) is 2.70. The second kappa shape index (κ2) is 4.62. The van der Waals surface area contributed by atoms with Crippen molar-refractivity contribution in [2.45, 2.75) is 31.6 Å². The molecule has 1 N–H and O–H groups in total. The Balaban J connectivity index is 1.75. The van der Waals surface area contributed by atoms with E-state index in [1.54, 1.807) is 0 Å². The molecule has 6 heteroatoms. The lowest BCUT2D eigenvalue weighted by atomic mass is 10.2. The number of morpholine rings is 1. The van der Waals surface area contributed by atoms with Gasteiger partial charge in [0, 0.05) is 25.8 Å². The highest BCUT2D eigenvalue weighted by Crippen LogP contribution is 2.27. The Bertz CT molecular complexity index is 454. The molecule has 0 amide bonds. The van der Waals surface area contributed by atoms with Crippen molar-refractivity contribution in [1.82, 2.24) is 14.9 Å². The average Bonchev–Trinajstić information content (AvgIpc) is 2.69. The zero-order valence-electron chi connectivity index (χ0n) is 9.95. The minimum Gasteiger partial charge on any atom is -0.478 e. The summed E-state index contributed by atoms with van der Waals surface area (Å²) in [7, 11) is 0. The summed E-state index contributed by atoms with van der Waals surface area (Å²) in [5.41, 5.74) is 0.773. The minimum atomic E-state index is -0.971. The van der Waals surface area contributed by atoms with Crippen LogP contribution in [-0.2, 0) is 11.3 Å². The first-order valence-corrected chi connectivity index (χ1v) is 6.12. The van der Waals surface area contributed by atoms with Crippen LogP contribution >= 0.6 is 0 Å². The first-order valence-electron chi connectivity index (χ1n) is 6.12. The molecule has 2 saturated heterocycles. The van der Waals surface area contributed by atoms with Gasteiger partial charge >= 0.3 is 5.97 Å². The molecule has 2 atom stereocenters. The summed E-state index contributed by atoms with van der Waals surface area (Å²) in [6.07, 6.45) is 5.59. The summed E-state index contributed by atoms with van der Waals surface area (Å²) in [5, 5.41) is 9.09. The lowest BCUT2D eigenvalue weighted by Gasteiger charge is -2.31. The highest BCUT2D eigenvalue weighted by Gasteiger charge is 2.34. The number of ether oxygens (including phenoxy) is 1. The molecule has 18 heavy (non-hydrogen) atoms. The molecule has 1 aromatic rings. The van der Waals surface area contributed by atoms with Crippen LogP contribution < -0.4 is 0 Å². The maximum absolute atomic E-state index is 11.1. The van der Waals surface area contributed by atoms with Crippen LogP contribution in [0.4, 0.5) is 0 Å². The van der Waals surface area contributed by atoms with Crippen LogP contribution in [0.15, 0.2) is 12.5 Å². The van der Waals surface area contributed by atoms with Crippen molar-refractivity contribution < 1.29 is 14.6 Å². The molecule has 2 aliphatic rings. The van der Waals surface area contributed by atoms with Crippen molar-refractivity contribution in [3.8, 4) is 0 Å². The van der Waals surface area contributed by atoms with Crippen molar-refractivity contribution in [3.63, 3.8) is 0 Å². The van der Waals surface area contributed by atoms with Gasteiger partial charge in [0.05, 0.1) is 17.9 Å². The second-order valence-electron chi connectivity index (χ2n) is 4.84. The summed E-state index contributed by atoms with van der Waals surface area (Å²) in [4.78, 5) is 21.2. The molecule has 2 aliphatic heterocycles. The van der Waals surface area contributed by atoms with E-state index >= 15 is 0 Å². The molecular weight excluding hydrogens is 234 g/mol. The third-order valence-corrected chi connectivity index (χ3v) is 3.52. The molecule has 0 radical (unpaired) electrons. The van der Waals surface area contributed by atoms with E-state index in [0.29, 0.717) is 24.4 Å². The van der Waals surface area contributed by atoms with Gasteiger partial charge in [0.2, 0.25) is 0 Å². The molecule has 3 rings (SSSR count). The van der Waals surface area contributed by atoms with Gasteiger partial charge in [-0.05, 0) is 12.8 Å². The van der Waals surface area contributed by atoms with E-state index in [-0.39, 0.29) is 5.56 Å². The van der Waals surface area contributed by atoms with Gasteiger partial charge in [0.15, 0.2) is 0 Å². The molecule has 0 aliphatic carbocycles. The van der Waals surface area contributed by atoms with Gasteiger partial charge in [-0.15, -0.1) is 0 Å². The van der Waals surface area contributed by atoms with E-state index in [9.17, 15) is 4.79 Å². The Morgan fingerprint density at radius 2 is 2.17 bits per heavy atom. The van der Waals surface area contributed by atoms with Gasteiger partial charge in [-0.25, -0.2) is 14.8 Å². The van der Waals surface area contributed by atoms with Crippen molar-refractivity contribution in [2.24, 2.45) is 0 Å². The van der Waals surface area contributed by atoms with E-state index in [1.807, 2.05) is 0 Å². The molecule has 2 unspecified atom stereocenters. The number of aromatic nitrogens is 2. The highest BCUT2D eigenvalue weighted by atomic mass is 16.5. The molecule has 3 heterocycles. The van der Waals surface area contributed by atoms with E-state index in [4.69, 9.17) is 9.84 Å². The molecule has 96 valence electrons. The number of hydrogen-bond donors (Lipinski definition) is 1. The lowest BCUT2D eigenvalue weighted by Crippen LogP contribution is -2.42. The quantitative estimate of drug-likeness (QED) is 0.842. The molecule has 0 saturated carbocycles. The highest BCUT2D eigenvalue weighted by molar-refractivity contribution is 5.88. The van der Waals surface area contributed by atoms with Crippen molar-refractivity contribution in [1.29, 1.82) is 0 Å². The molecule has 2 fully saturated rings. The van der Waals surface area contributed by atoms with Crippen LogP contribution in [0.25, 0.3) is 0 Å². The van der Waals surface area contributed by atoms with Crippen LogP contribution in [0.3, 0.4) is 0 Å². The van der Waals surface area contributed by atoms with Crippen LogP contribution in [0.2, 0.25) is 0 Å². The molecule has 0 aromatic carbocycles. The van der Waals surface area contributed by atoms with E-state index < -0.39 is 5.97 Å². The van der Waals surface area contributed by atoms with E-state index in [0.717, 1.165) is 25.9 Å². The second-order valence-corrected chi connectivity index (χ2v) is 4.84. The van der Waals surface area contributed by atoms with E-state index in [1.165, 1.54) is 12.5 Å². The summed E-state index contributed by atoms with van der Waals surface area (Å²) in [6, 6.07) is 0. The molecule has 2 bridgehead atoms. The first-order chi connectivity index (χ1) is 8.72. The van der Waals surface area contributed by atoms with E-state index in [2.05, 4.69) is 14.9 Å². The smallest absolute Gasteiger partial charge is 0.339 e. The largest absolute Gasteiger partial charge is 0.478 e. The first kappa shape index (κ1) is 11.6. The number of aromatic carboxylic acids is 1. The minimum absolute atomic E-state index is 0.191. The zero-order chi connectivity index (χ0) is 12.5. The van der Waals surface area contributed by atoms with Gasteiger partial charge in [-0.2, -0.15) is 0 Å². The lowest BCUT2D eigenvalue weighted by molar-refractivity contribution is -0.0414. The number of nitrogens with zero attached hydrogens (tertiary/aromatic N) is 3. The number of carboxylic acid groups (broad SMARTS) is 1. The Labute approximate surface area is 105 Å². The number of hydrogen-bond acceptors (Lipinski definition) is 5. The Morgan fingerprint density at radius 3 is 2.83 bits per heavy atom. The number of carboxylic acids is 1. The maximum Gasteiger partial charge on any atom is 0.339 e. The fraction of sp³-hybridized carbons (Fsp3) is 0.583. The van der Waals surface area contributed by atoms with Crippen LogP contribution in [0.1, 0.15) is 28.9 Å². The number of likely N-dealkylation sites (tertiary alicyclic amines) is 1. The maximum atomic E-state index is 11.1. The normalized spacial score (nSPS) is 27.3. The third kappa shape index (κ3) is 2.21. The molecule has 1 aromatic heterocycles. The molecule has 6 nitrogen and oxygen atoms in total. The SMILES string of the molecule is O=C(O)c1cncnc1CN1CC2CCC(C1)O2. The monoisotopic (exact) mass is 249 g/mol. The summed E-state index contributed by atoms with van der Waals surface area (Å²) >= 11 is 0. The Hall–Kier alpha value is -1.53. The van der Waals surface area contributed by atoms with Gasteiger partial charge in [-0.3, -0.25) is 4.90 Å². The van der Waals surface area contributed by atoms with Gasteiger partial charge in [0.1, 0.15) is 11.9 Å². The van der Waals surface area contributed by atoms with Crippen molar-refractivity contribution in [3.05, 3.63) is 23.8 Å². The van der Waals surface area contributed by atoms with Crippen LogP contribution in [-0.4, -0.2) is 51.2 Å². The van der Waals surface area contributed by atoms with Gasteiger partial charge in [-0.1, -0.05) is 0 Å². The number of carbonyl (C=O) groups is 1. The summed E-state index contributed by atoms with van der Waals surface area (Å²) in [6.45, 7) is 2.28.